The number of carboxylic acid groups (broad SMARTS) is 1. The zero-order valence-electron chi connectivity index (χ0n) is 10.6. The van der Waals surface area contributed by atoms with Gasteiger partial charge in [-0.2, -0.15) is 0 Å². The summed E-state index contributed by atoms with van der Waals surface area (Å²) in [6.45, 7) is -0.279. The molecule has 20 heavy (non-hydrogen) atoms. The van der Waals surface area contributed by atoms with Gasteiger partial charge in [-0.3, -0.25) is 10.2 Å². The lowest BCUT2D eigenvalue weighted by atomic mass is 9.88. The number of aliphatic hydroxyl groups excluding tert-OH is 1. The minimum atomic E-state index is -1.13. The van der Waals surface area contributed by atoms with Crippen LogP contribution in [0.5, 0.6) is 0 Å². The largest absolute Gasteiger partial charge is 0.465 e. The molecule has 1 saturated heterocycles. The number of carbonyl (C=O) groups is 2. The molecule has 3 N–H and O–H groups in total. The van der Waals surface area contributed by atoms with Crippen LogP contribution in [0.2, 0.25) is 0 Å². The number of nitrogens with one attached hydrogen (secondary N) is 1. The van der Waals surface area contributed by atoms with Crippen molar-refractivity contribution in [3.8, 4) is 0 Å². The smallest absolute Gasteiger partial charge is 0.412 e. The van der Waals surface area contributed by atoms with Crippen LogP contribution in [-0.2, 0) is 10.3 Å². The number of para-hydroxylation sites is 1. The minimum Gasteiger partial charge on any atom is -0.465 e. The maximum atomic E-state index is 11.7. The molecule has 2 amide bonds. The number of hydrogen-bond acceptors (Lipinski definition) is 4. The van der Waals surface area contributed by atoms with Crippen molar-refractivity contribution in [2.45, 2.75) is 18.1 Å². The Labute approximate surface area is 114 Å². The molecule has 7 heteroatoms. The number of nitrogens with zero attached hydrogens (tertiary/aromatic N) is 1. The van der Waals surface area contributed by atoms with E-state index in [-0.39, 0.29) is 19.6 Å². The number of benzene rings is 1. The van der Waals surface area contributed by atoms with E-state index < -0.39 is 23.8 Å². The Morgan fingerprint density at radius 2 is 2.25 bits per heavy atom. The second kappa shape index (κ2) is 4.38. The van der Waals surface area contributed by atoms with E-state index in [1.807, 2.05) is 0 Å². The van der Waals surface area contributed by atoms with Crippen LogP contribution in [0.4, 0.5) is 15.3 Å². The van der Waals surface area contributed by atoms with Crippen LogP contribution in [0, 0.1) is 0 Å². The van der Waals surface area contributed by atoms with E-state index in [1.165, 1.54) is 0 Å². The lowest BCUT2D eigenvalue weighted by Gasteiger charge is -2.35. The molecule has 2 heterocycles. The fraction of sp³-hybridized carbons (Fsp3) is 0.385. The summed E-state index contributed by atoms with van der Waals surface area (Å²) in [5.74, 6) is 0. The Morgan fingerprint density at radius 1 is 1.50 bits per heavy atom. The molecule has 7 nitrogen and oxygen atoms in total. The van der Waals surface area contributed by atoms with E-state index in [1.54, 1.807) is 24.3 Å². The van der Waals surface area contributed by atoms with Gasteiger partial charge in [0.1, 0.15) is 0 Å². The molecular formula is C13H14N2O5. The van der Waals surface area contributed by atoms with Gasteiger partial charge in [-0.15, -0.1) is 0 Å². The maximum Gasteiger partial charge on any atom is 0.412 e. The lowest BCUT2D eigenvalue weighted by Crippen LogP contribution is -2.42. The van der Waals surface area contributed by atoms with E-state index in [4.69, 9.17) is 4.74 Å². The van der Waals surface area contributed by atoms with Crippen molar-refractivity contribution in [2.24, 2.45) is 0 Å². The maximum absolute atomic E-state index is 11.7. The molecule has 0 unspecified atom stereocenters. The van der Waals surface area contributed by atoms with Gasteiger partial charge in [0.05, 0.1) is 24.9 Å². The Hall–Kier alpha value is -2.28. The molecule has 1 aromatic rings. The first-order valence-electron chi connectivity index (χ1n) is 6.26. The Bertz CT molecular complexity index is 576. The Morgan fingerprint density at radius 3 is 2.90 bits per heavy atom. The van der Waals surface area contributed by atoms with Crippen LogP contribution in [0.1, 0.15) is 12.0 Å². The van der Waals surface area contributed by atoms with E-state index in [2.05, 4.69) is 5.32 Å². The third kappa shape index (κ3) is 1.78. The molecular weight excluding hydrogens is 264 g/mol. The summed E-state index contributed by atoms with van der Waals surface area (Å²) in [5.41, 5.74) is 0.333. The summed E-state index contributed by atoms with van der Waals surface area (Å²) < 4.78 is 5.41. The van der Waals surface area contributed by atoms with Crippen LogP contribution < -0.4 is 5.32 Å². The van der Waals surface area contributed by atoms with Gasteiger partial charge in [-0.05, 0) is 6.07 Å². The van der Waals surface area contributed by atoms with Crippen LogP contribution in [-0.4, -0.2) is 46.5 Å². The average Bonchev–Trinajstić information content (AvgIpc) is 2.78. The summed E-state index contributed by atoms with van der Waals surface area (Å²) >= 11 is 0. The SMILES string of the molecule is O=C1Nc2ccccc2[C@@]2(C[C@@H](CO)N(C(=O)O)C2)O1. The fourth-order valence-electron chi connectivity index (χ4n) is 2.97. The molecule has 3 rings (SSSR count). The van der Waals surface area contributed by atoms with Gasteiger partial charge in [0.15, 0.2) is 5.60 Å². The first-order chi connectivity index (χ1) is 9.55. The van der Waals surface area contributed by atoms with Crippen molar-refractivity contribution < 1.29 is 24.5 Å². The van der Waals surface area contributed by atoms with Crippen molar-refractivity contribution in [2.75, 3.05) is 18.5 Å². The first-order valence-corrected chi connectivity index (χ1v) is 6.26. The number of aliphatic hydroxyl groups is 1. The number of likely N-dealkylation sites (tertiary alicyclic amines) is 1. The van der Waals surface area contributed by atoms with Crippen LogP contribution >= 0.6 is 0 Å². The molecule has 0 bridgehead atoms. The van der Waals surface area contributed by atoms with E-state index >= 15 is 0 Å². The van der Waals surface area contributed by atoms with E-state index in [9.17, 15) is 19.8 Å². The molecule has 0 aromatic heterocycles. The summed E-state index contributed by atoms with van der Waals surface area (Å²) in [6, 6.07) is 6.56. The standard InChI is InChI=1S/C13H14N2O5/c16-6-8-5-13(7-15(8)12(18)19)9-3-1-2-4-10(9)14-11(17)20-13/h1-4,8,16H,5-7H2,(H,14,17)(H,18,19)/t8-,13-/m0/s1. The number of fused-ring (bicyclic) bond motifs is 2. The van der Waals surface area contributed by atoms with Crippen molar-refractivity contribution in [1.82, 2.24) is 4.90 Å². The lowest BCUT2D eigenvalue weighted by molar-refractivity contribution is 0.0190. The van der Waals surface area contributed by atoms with Crippen LogP contribution in [0.15, 0.2) is 24.3 Å². The molecule has 0 aliphatic carbocycles. The van der Waals surface area contributed by atoms with Crippen molar-refractivity contribution >= 4 is 17.9 Å². The third-order valence-corrected chi connectivity index (χ3v) is 3.83. The minimum absolute atomic E-state index is 0.0258. The molecule has 106 valence electrons. The number of amides is 2. The van der Waals surface area contributed by atoms with E-state index in [0.29, 0.717) is 5.69 Å². The molecule has 1 aromatic carbocycles. The highest BCUT2D eigenvalue weighted by Crippen LogP contribution is 2.44. The van der Waals surface area contributed by atoms with Gasteiger partial charge in [-0.25, -0.2) is 9.59 Å². The zero-order valence-corrected chi connectivity index (χ0v) is 10.6. The molecule has 2 atom stereocenters. The molecule has 2 aliphatic heterocycles. The number of ether oxygens (including phenoxy) is 1. The molecule has 2 aliphatic rings. The summed E-state index contributed by atoms with van der Waals surface area (Å²) in [7, 11) is 0. The number of anilines is 1. The quantitative estimate of drug-likeness (QED) is 0.716. The van der Waals surface area contributed by atoms with Crippen LogP contribution in [0.25, 0.3) is 0 Å². The van der Waals surface area contributed by atoms with Crippen molar-refractivity contribution in [3.05, 3.63) is 29.8 Å². The van der Waals surface area contributed by atoms with Crippen LogP contribution in [0.3, 0.4) is 0 Å². The summed E-state index contributed by atoms with van der Waals surface area (Å²) in [5, 5.41) is 21.2. The normalized spacial score (nSPS) is 27.9. The zero-order chi connectivity index (χ0) is 14.3. The molecule has 0 radical (unpaired) electrons. The van der Waals surface area contributed by atoms with Gasteiger partial charge >= 0.3 is 12.2 Å². The van der Waals surface area contributed by atoms with Gasteiger partial charge in [0.2, 0.25) is 0 Å². The predicted octanol–water partition coefficient (Wildman–Crippen LogP) is 1.19. The Kier molecular flexibility index (Phi) is 2.79. The predicted molar refractivity (Wildman–Crippen MR) is 68.4 cm³/mol. The third-order valence-electron chi connectivity index (χ3n) is 3.83. The van der Waals surface area contributed by atoms with Crippen molar-refractivity contribution in [3.63, 3.8) is 0 Å². The van der Waals surface area contributed by atoms with Gasteiger partial charge in [0, 0.05) is 12.0 Å². The summed E-state index contributed by atoms with van der Waals surface area (Å²) in [4.78, 5) is 24.1. The Balaban J connectivity index is 2.05. The molecule has 1 spiro atoms. The summed E-state index contributed by atoms with van der Waals surface area (Å²) in [6.07, 6.45) is -1.49. The van der Waals surface area contributed by atoms with E-state index in [0.717, 1.165) is 10.5 Å². The second-order valence-electron chi connectivity index (χ2n) is 5.01. The number of rotatable bonds is 1. The van der Waals surface area contributed by atoms with Gasteiger partial charge < -0.3 is 14.9 Å². The highest BCUT2D eigenvalue weighted by molar-refractivity contribution is 5.89. The highest BCUT2D eigenvalue weighted by Gasteiger charge is 2.52. The number of hydrogen-bond donors (Lipinski definition) is 3. The topological polar surface area (TPSA) is 99.1 Å². The number of carbonyl (C=O) groups excluding carboxylic acids is 1. The first kappa shape index (κ1) is 12.7. The monoisotopic (exact) mass is 278 g/mol. The molecule has 0 saturated carbocycles. The van der Waals surface area contributed by atoms with Crippen molar-refractivity contribution in [1.29, 1.82) is 0 Å². The molecule has 1 fully saturated rings. The van der Waals surface area contributed by atoms with Gasteiger partial charge in [0.25, 0.3) is 0 Å². The second-order valence-corrected chi connectivity index (χ2v) is 5.01. The average molecular weight is 278 g/mol. The fourth-order valence-corrected chi connectivity index (χ4v) is 2.97. The van der Waals surface area contributed by atoms with Gasteiger partial charge in [-0.1, -0.05) is 18.2 Å². The highest BCUT2D eigenvalue weighted by atomic mass is 16.6.